The van der Waals surface area contributed by atoms with Crippen molar-refractivity contribution in [1.29, 1.82) is 0 Å². The second-order valence-corrected chi connectivity index (χ2v) is 7.12. The van der Waals surface area contributed by atoms with Gasteiger partial charge in [-0.05, 0) is 32.8 Å². The number of carbonyl (C=O) groups excluding carboxylic acids is 2. The van der Waals surface area contributed by atoms with E-state index in [1.165, 1.54) is 4.90 Å². The molecule has 25 heavy (non-hydrogen) atoms. The number of carbonyl (C=O) groups is 2. The number of aliphatic hydroxyl groups is 1. The predicted molar refractivity (Wildman–Crippen MR) is 92.0 cm³/mol. The van der Waals surface area contributed by atoms with Crippen LogP contribution >= 0.6 is 0 Å². The molecule has 0 spiro atoms. The van der Waals surface area contributed by atoms with Gasteiger partial charge >= 0.3 is 12.2 Å². The third-order valence-electron chi connectivity index (χ3n) is 3.71. The smallest absolute Gasteiger partial charge is 0.410 e. The Balaban J connectivity index is 1.85. The average Bonchev–Trinajstić information content (AvgIpc) is 2.91. The Morgan fingerprint density at radius 3 is 2.60 bits per heavy atom. The summed E-state index contributed by atoms with van der Waals surface area (Å²) in [4.78, 5) is 25.5. The third kappa shape index (κ3) is 6.26. The number of rotatable bonds is 4. The molecule has 1 aromatic carbocycles. The van der Waals surface area contributed by atoms with E-state index in [0.29, 0.717) is 6.42 Å². The molecule has 1 aliphatic rings. The molecule has 2 rings (SSSR count). The highest BCUT2D eigenvalue weighted by Gasteiger charge is 2.35. The van der Waals surface area contributed by atoms with Crippen LogP contribution in [-0.4, -0.2) is 53.0 Å². The van der Waals surface area contributed by atoms with Crippen molar-refractivity contribution in [1.82, 2.24) is 10.2 Å². The topological polar surface area (TPSA) is 88.1 Å². The summed E-state index contributed by atoms with van der Waals surface area (Å²) in [7, 11) is 0. The number of benzene rings is 1. The van der Waals surface area contributed by atoms with E-state index in [9.17, 15) is 14.7 Å². The van der Waals surface area contributed by atoms with Crippen LogP contribution in [-0.2, 0) is 16.1 Å². The summed E-state index contributed by atoms with van der Waals surface area (Å²) in [6.45, 7) is 5.89. The number of nitrogens with one attached hydrogen (secondary N) is 1. The Hall–Kier alpha value is -2.28. The van der Waals surface area contributed by atoms with E-state index in [2.05, 4.69) is 5.32 Å². The van der Waals surface area contributed by atoms with Gasteiger partial charge in [-0.25, -0.2) is 9.59 Å². The van der Waals surface area contributed by atoms with Crippen LogP contribution < -0.4 is 5.32 Å². The SMILES string of the molecule is CC(C)(C)OC(=O)NC[C@H]1C[C@@H](O)CN1C(=O)OCc1ccccc1. The van der Waals surface area contributed by atoms with Gasteiger partial charge in [-0.15, -0.1) is 0 Å². The van der Waals surface area contributed by atoms with Crippen molar-refractivity contribution < 1.29 is 24.2 Å². The first-order chi connectivity index (χ1) is 11.7. The molecule has 7 heteroatoms. The van der Waals surface area contributed by atoms with Gasteiger partial charge in [-0.3, -0.25) is 0 Å². The summed E-state index contributed by atoms with van der Waals surface area (Å²) >= 11 is 0. The lowest BCUT2D eigenvalue weighted by Crippen LogP contribution is -2.44. The Kier molecular flexibility index (Phi) is 6.25. The molecule has 2 amide bonds. The van der Waals surface area contributed by atoms with Crippen LogP contribution in [0.5, 0.6) is 0 Å². The van der Waals surface area contributed by atoms with E-state index in [4.69, 9.17) is 9.47 Å². The summed E-state index contributed by atoms with van der Waals surface area (Å²) in [6.07, 6.45) is -1.30. The van der Waals surface area contributed by atoms with Gasteiger partial charge in [-0.1, -0.05) is 30.3 Å². The molecule has 1 heterocycles. The van der Waals surface area contributed by atoms with E-state index < -0.39 is 23.9 Å². The van der Waals surface area contributed by atoms with Gasteiger partial charge in [0.1, 0.15) is 12.2 Å². The van der Waals surface area contributed by atoms with Gasteiger partial charge in [0.2, 0.25) is 0 Å². The summed E-state index contributed by atoms with van der Waals surface area (Å²) in [6, 6.07) is 9.04. The van der Waals surface area contributed by atoms with Crippen molar-refractivity contribution in [2.75, 3.05) is 13.1 Å². The molecule has 0 bridgehead atoms. The highest BCUT2D eigenvalue weighted by molar-refractivity contribution is 5.70. The molecule has 0 saturated carbocycles. The van der Waals surface area contributed by atoms with Crippen molar-refractivity contribution in [2.45, 2.75) is 51.5 Å². The first-order valence-electron chi connectivity index (χ1n) is 8.37. The van der Waals surface area contributed by atoms with Crippen LogP contribution in [0.25, 0.3) is 0 Å². The van der Waals surface area contributed by atoms with E-state index in [0.717, 1.165) is 5.56 Å². The highest BCUT2D eigenvalue weighted by Crippen LogP contribution is 2.19. The molecule has 7 nitrogen and oxygen atoms in total. The maximum atomic E-state index is 12.3. The first-order valence-corrected chi connectivity index (χ1v) is 8.37. The van der Waals surface area contributed by atoms with Crippen LogP contribution in [0.1, 0.15) is 32.8 Å². The van der Waals surface area contributed by atoms with Crippen molar-refractivity contribution >= 4 is 12.2 Å². The number of β-amino-alcohol motifs (C(OH)–C–C–N with tert-alkyl or cyclic N) is 1. The number of amides is 2. The molecular formula is C18H26N2O5. The molecule has 138 valence electrons. The minimum atomic E-state index is -0.630. The molecule has 0 radical (unpaired) electrons. The average molecular weight is 350 g/mol. The minimum Gasteiger partial charge on any atom is -0.445 e. The molecule has 1 fully saturated rings. The van der Waals surface area contributed by atoms with Crippen LogP contribution in [0, 0.1) is 0 Å². The van der Waals surface area contributed by atoms with Crippen molar-refractivity contribution in [3.05, 3.63) is 35.9 Å². The first kappa shape index (κ1) is 19.1. The van der Waals surface area contributed by atoms with Crippen molar-refractivity contribution in [2.24, 2.45) is 0 Å². The third-order valence-corrected chi connectivity index (χ3v) is 3.71. The number of alkyl carbamates (subject to hydrolysis) is 1. The molecule has 1 aliphatic heterocycles. The lowest BCUT2D eigenvalue weighted by Gasteiger charge is -2.25. The number of likely N-dealkylation sites (tertiary alicyclic amines) is 1. The second kappa shape index (κ2) is 8.20. The molecule has 1 saturated heterocycles. The van der Waals surface area contributed by atoms with E-state index in [-0.39, 0.29) is 25.7 Å². The predicted octanol–water partition coefficient (Wildman–Crippen LogP) is 2.28. The second-order valence-electron chi connectivity index (χ2n) is 7.12. The maximum absolute atomic E-state index is 12.3. The Labute approximate surface area is 147 Å². The fourth-order valence-electron chi connectivity index (χ4n) is 2.63. The molecule has 0 aliphatic carbocycles. The van der Waals surface area contributed by atoms with Crippen molar-refractivity contribution in [3.63, 3.8) is 0 Å². The summed E-state index contributed by atoms with van der Waals surface area (Å²) in [5.41, 5.74) is 0.298. The zero-order chi connectivity index (χ0) is 18.4. The Morgan fingerprint density at radius 1 is 1.28 bits per heavy atom. The van der Waals surface area contributed by atoms with Gasteiger partial charge in [0, 0.05) is 6.54 Å². The van der Waals surface area contributed by atoms with Gasteiger partial charge in [0.25, 0.3) is 0 Å². The van der Waals surface area contributed by atoms with Gasteiger partial charge in [0.05, 0.1) is 18.7 Å². The monoisotopic (exact) mass is 350 g/mol. The Bertz CT molecular complexity index is 585. The molecule has 2 atom stereocenters. The highest BCUT2D eigenvalue weighted by atomic mass is 16.6. The number of ether oxygens (including phenoxy) is 2. The summed E-state index contributed by atoms with van der Waals surface area (Å²) in [5.74, 6) is 0. The van der Waals surface area contributed by atoms with Gasteiger partial charge in [-0.2, -0.15) is 0 Å². The van der Waals surface area contributed by atoms with Crippen LogP contribution in [0.2, 0.25) is 0 Å². The van der Waals surface area contributed by atoms with Crippen LogP contribution in [0.15, 0.2) is 30.3 Å². The maximum Gasteiger partial charge on any atom is 0.410 e. The number of hydrogen-bond acceptors (Lipinski definition) is 5. The molecule has 1 aromatic rings. The van der Waals surface area contributed by atoms with Crippen LogP contribution in [0.4, 0.5) is 9.59 Å². The lowest BCUT2D eigenvalue weighted by molar-refractivity contribution is 0.0502. The number of aliphatic hydroxyl groups excluding tert-OH is 1. The van der Waals surface area contributed by atoms with E-state index in [1.54, 1.807) is 20.8 Å². The van der Waals surface area contributed by atoms with Gasteiger partial charge < -0.3 is 24.8 Å². The summed E-state index contributed by atoms with van der Waals surface area (Å²) < 4.78 is 10.5. The van der Waals surface area contributed by atoms with E-state index >= 15 is 0 Å². The van der Waals surface area contributed by atoms with E-state index in [1.807, 2.05) is 30.3 Å². The quantitative estimate of drug-likeness (QED) is 0.870. The molecular weight excluding hydrogens is 324 g/mol. The summed E-state index contributed by atoms with van der Waals surface area (Å²) in [5, 5.41) is 12.5. The zero-order valence-corrected chi connectivity index (χ0v) is 14.9. The largest absolute Gasteiger partial charge is 0.445 e. The van der Waals surface area contributed by atoms with Crippen molar-refractivity contribution in [3.8, 4) is 0 Å². The normalized spacial score (nSPS) is 20.2. The fourth-order valence-corrected chi connectivity index (χ4v) is 2.63. The molecule has 0 unspecified atom stereocenters. The lowest BCUT2D eigenvalue weighted by atomic mass is 10.2. The minimum absolute atomic E-state index is 0.165. The standard InChI is InChI=1S/C18H26N2O5/c1-18(2,3)25-16(22)19-10-14-9-15(21)11-20(14)17(23)24-12-13-7-5-4-6-8-13/h4-8,14-15,21H,9-12H2,1-3H3,(H,19,22)/t14-,15-/m1/s1. The molecule has 0 aromatic heterocycles. The van der Waals surface area contributed by atoms with Crippen LogP contribution in [0.3, 0.4) is 0 Å². The number of hydrogen-bond donors (Lipinski definition) is 2. The number of nitrogens with zero attached hydrogens (tertiary/aromatic N) is 1. The Morgan fingerprint density at radius 2 is 1.96 bits per heavy atom. The zero-order valence-electron chi connectivity index (χ0n) is 14.9. The molecule has 2 N–H and O–H groups in total. The fraction of sp³-hybridized carbons (Fsp3) is 0.556. The van der Waals surface area contributed by atoms with Gasteiger partial charge in [0.15, 0.2) is 0 Å².